The van der Waals surface area contributed by atoms with Gasteiger partial charge in [-0.2, -0.15) is 0 Å². The van der Waals surface area contributed by atoms with Gasteiger partial charge >= 0.3 is 5.97 Å². The van der Waals surface area contributed by atoms with Crippen LogP contribution in [0.1, 0.15) is 41.4 Å². The highest BCUT2D eigenvalue weighted by Gasteiger charge is 2.16. The maximum atomic E-state index is 12.6. The number of hydrogen-bond acceptors (Lipinski definition) is 7. The third-order valence-electron chi connectivity index (χ3n) is 5.30. The molecule has 0 radical (unpaired) electrons. The summed E-state index contributed by atoms with van der Waals surface area (Å²) < 4.78 is 15.5. The number of Topliss-reactive ketones (excluding diaryl/α,β-unsaturated/α-hetero) is 1. The summed E-state index contributed by atoms with van der Waals surface area (Å²) in [6.07, 6.45) is 0.890. The number of anilines is 1. The van der Waals surface area contributed by atoms with E-state index in [1.165, 1.54) is 25.6 Å². The number of carbonyl (C=O) groups is 3. The monoisotopic (exact) mass is 495 g/mol. The minimum atomic E-state index is -0.253. The summed E-state index contributed by atoms with van der Waals surface area (Å²) in [4.78, 5) is 38.0. The fraction of sp³-hybridized carbons (Fsp3) is 0.296. The van der Waals surface area contributed by atoms with E-state index in [0.717, 1.165) is 16.0 Å². The van der Waals surface area contributed by atoms with Gasteiger partial charge in [0.25, 0.3) is 0 Å². The summed E-state index contributed by atoms with van der Waals surface area (Å²) in [5, 5.41) is 3.57. The molecule has 3 rings (SSSR count). The summed E-state index contributed by atoms with van der Waals surface area (Å²) in [5.74, 6) is 0.334. The Hall–Kier alpha value is -3.65. The van der Waals surface area contributed by atoms with Crippen molar-refractivity contribution in [2.75, 3.05) is 26.1 Å². The first-order chi connectivity index (χ1) is 16.9. The lowest BCUT2D eigenvalue weighted by atomic mass is 10.0. The van der Waals surface area contributed by atoms with Crippen LogP contribution in [0.3, 0.4) is 0 Å². The van der Waals surface area contributed by atoms with Crippen molar-refractivity contribution in [1.29, 1.82) is 0 Å². The molecule has 7 nitrogen and oxygen atoms in total. The van der Waals surface area contributed by atoms with Crippen molar-refractivity contribution in [3.05, 3.63) is 65.0 Å². The zero-order valence-electron chi connectivity index (χ0n) is 20.1. The quantitative estimate of drug-likeness (QED) is 0.262. The summed E-state index contributed by atoms with van der Waals surface area (Å²) in [6, 6.07) is 16.7. The number of ether oxygens (including phenoxy) is 3. The summed E-state index contributed by atoms with van der Waals surface area (Å²) in [5.41, 5.74) is 2.43. The molecule has 1 N–H and O–H groups in total. The van der Waals surface area contributed by atoms with E-state index in [2.05, 4.69) is 5.32 Å². The van der Waals surface area contributed by atoms with Crippen LogP contribution in [0.5, 0.6) is 11.5 Å². The molecule has 2 aromatic carbocycles. The molecule has 1 aromatic heterocycles. The lowest BCUT2D eigenvalue weighted by Gasteiger charge is -2.09. The number of amides is 1. The largest absolute Gasteiger partial charge is 0.493 e. The molecule has 0 fully saturated rings. The van der Waals surface area contributed by atoms with E-state index in [4.69, 9.17) is 14.2 Å². The Morgan fingerprint density at radius 3 is 2.31 bits per heavy atom. The summed E-state index contributed by atoms with van der Waals surface area (Å²) in [6.45, 7) is 2.13. The van der Waals surface area contributed by atoms with Gasteiger partial charge in [-0.05, 0) is 48.7 Å². The van der Waals surface area contributed by atoms with Gasteiger partial charge in [0.1, 0.15) is 0 Å². The van der Waals surface area contributed by atoms with Crippen LogP contribution in [-0.4, -0.2) is 38.5 Å². The molecule has 0 saturated carbocycles. The SMILES string of the molecule is CCOC(=O)CCc1sc(NC(=O)CCC(=O)c2ccc(OC)c(OC)c2)cc1-c1ccccc1. The number of rotatable bonds is 12. The molecule has 0 saturated heterocycles. The lowest BCUT2D eigenvalue weighted by Crippen LogP contribution is -2.12. The number of benzene rings is 2. The first-order valence-corrected chi connectivity index (χ1v) is 12.2. The van der Waals surface area contributed by atoms with Gasteiger partial charge in [0, 0.05) is 23.3 Å². The predicted molar refractivity (Wildman–Crippen MR) is 136 cm³/mol. The molecule has 1 amide bonds. The molecule has 1 heterocycles. The van der Waals surface area contributed by atoms with E-state index >= 15 is 0 Å². The van der Waals surface area contributed by atoms with Gasteiger partial charge < -0.3 is 19.5 Å². The number of esters is 1. The third-order valence-corrected chi connectivity index (χ3v) is 6.41. The van der Waals surface area contributed by atoms with Gasteiger partial charge in [0.15, 0.2) is 17.3 Å². The van der Waals surface area contributed by atoms with Crippen molar-refractivity contribution < 1.29 is 28.6 Å². The number of nitrogens with one attached hydrogen (secondary N) is 1. The molecule has 0 unspecified atom stereocenters. The smallest absolute Gasteiger partial charge is 0.306 e. The van der Waals surface area contributed by atoms with Gasteiger partial charge in [-0.3, -0.25) is 14.4 Å². The molecule has 0 aliphatic heterocycles. The van der Waals surface area contributed by atoms with E-state index < -0.39 is 0 Å². The molecule has 0 spiro atoms. The minimum absolute atomic E-state index is 0.0455. The molecular formula is C27H29NO6S. The zero-order valence-corrected chi connectivity index (χ0v) is 20.9. The van der Waals surface area contributed by atoms with Gasteiger partial charge in [-0.1, -0.05) is 30.3 Å². The molecule has 3 aromatic rings. The Morgan fingerprint density at radius 1 is 0.886 bits per heavy atom. The van der Waals surface area contributed by atoms with E-state index in [-0.39, 0.29) is 36.9 Å². The average molecular weight is 496 g/mol. The van der Waals surface area contributed by atoms with Crippen LogP contribution >= 0.6 is 11.3 Å². The summed E-state index contributed by atoms with van der Waals surface area (Å²) >= 11 is 1.43. The van der Waals surface area contributed by atoms with Crippen molar-refractivity contribution in [3.8, 4) is 22.6 Å². The molecule has 0 aliphatic carbocycles. The molecule has 0 aliphatic rings. The summed E-state index contributed by atoms with van der Waals surface area (Å²) in [7, 11) is 3.03. The molecule has 0 atom stereocenters. The number of aryl methyl sites for hydroxylation is 1. The third kappa shape index (κ3) is 7.16. The number of hydrogen-bond donors (Lipinski definition) is 1. The second-order valence-corrected chi connectivity index (χ2v) is 8.80. The Bertz CT molecular complexity index is 1170. The minimum Gasteiger partial charge on any atom is -0.493 e. The molecule has 8 heteroatoms. The number of ketones is 1. The topological polar surface area (TPSA) is 90.9 Å². The highest BCUT2D eigenvalue weighted by Crippen LogP contribution is 2.36. The van der Waals surface area contributed by atoms with E-state index in [1.54, 1.807) is 25.1 Å². The normalized spacial score (nSPS) is 10.5. The second kappa shape index (κ2) is 12.7. The van der Waals surface area contributed by atoms with Crippen molar-refractivity contribution in [2.24, 2.45) is 0 Å². The molecule has 184 valence electrons. The van der Waals surface area contributed by atoms with Crippen LogP contribution in [0, 0.1) is 0 Å². The van der Waals surface area contributed by atoms with Crippen molar-refractivity contribution >= 4 is 34.0 Å². The fourth-order valence-corrected chi connectivity index (χ4v) is 4.67. The van der Waals surface area contributed by atoms with Crippen molar-refractivity contribution in [3.63, 3.8) is 0 Å². The molecule has 0 bridgehead atoms. The van der Waals surface area contributed by atoms with E-state index in [9.17, 15) is 14.4 Å². The Morgan fingerprint density at radius 2 is 1.63 bits per heavy atom. The van der Waals surface area contributed by atoms with Gasteiger partial charge in [0.05, 0.1) is 32.2 Å². The van der Waals surface area contributed by atoms with Crippen LogP contribution in [0.15, 0.2) is 54.6 Å². The van der Waals surface area contributed by atoms with Crippen LogP contribution in [0.2, 0.25) is 0 Å². The maximum absolute atomic E-state index is 12.6. The Balaban J connectivity index is 1.66. The van der Waals surface area contributed by atoms with Gasteiger partial charge in [-0.15, -0.1) is 11.3 Å². The van der Waals surface area contributed by atoms with Gasteiger partial charge in [0.2, 0.25) is 5.91 Å². The van der Waals surface area contributed by atoms with Gasteiger partial charge in [-0.25, -0.2) is 0 Å². The van der Waals surface area contributed by atoms with E-state index in [0.29, 0.717) is 35.1 Å². The van der Waals surface area contributed by atoms with E-state index in [1.807, 2.05) is 36.4 Å². The standard InChI is InChI=1S/C27H29NO6S/c1-4-34-27(31)15-13-24-20(18-8-6-5-7-9-18)17-26(35-24)28-25(30)14-11-21(29)19-10-12-22(32-2)23(16-19)33-3/h5-10,12,16-17H,4,11,13-15H2,1-3H3,(H,28,30). The number of thiophene rings is 1. The average Bonchev–Trinajstić information content (AvgIpc) is 3.28. The maximum Gasteiger partial charge on any atom is 0.306 e. The van der Waals surface area contributed by atoms with Crippen LogP contribution < -0.4 is 14.8 Å². The van der Waals surface area contributed by atoms with Crippen LogP contribution in [-0.2, 0) is 20.7 Å². The fourth-order valence-electron chi connectivity index (χ4n) is 3.57. The van der Waals surface area contributed by atoms with Crippen LogP contribution in [0.4, 0.5) is 5.00 Å². The second-order valence-electron chi connectivity index (χ2n) is 7.66. The first-order valence-electron chi connectivity index (χ1n) is 11.3. The van der Waals surface area contributed by atoms with Crippen molar-refractivity contribution in [2.45, 2.75) is 32.6 Å². The highest BCUT2D eigenvalue weighted by atomic mass is 32.1. The Kier molecular flexibility index (Phi) is 9.43. The lowest BCUT2D eigenvalue weighted by molar-refractivity contribution is -0.143. The highest BCUT2D eigenvalue weighted by molar-refractivity contribution is 7.16. The zero-order chi connectivity index (χ0) is 25.2. The molecule has 35 heavy (non-hydrogen) atoms. The predicted octanol–water partition coefficient (Wildman–Crippen LogP) is 5.53. The Labute approximate surface area is 209 Å². The van der Waals surface area contributed by atoms with Crippen LogP contribution in [0.25, 0.3) is 11.1 Å². The first kappa shape index (κ1) is 26.0. The van der Waals surface area contributed by atoms with Crippen molar-refractivity contribution in [1.82, 2.24) is 0 Å². The number of methoxy groups -OCH3 is 2. The molecular weight excluding hydrogens is 466 g/mol. The number of carbonyl (C=O) groups excluding carboxylic acids is 3.